The van der Waals surface area contributed by atoms with Gasteiger partial charge in [-0.05, 0) is 12.5 Å². The molecule has 5 aliphatic heterocycles. The van der Waals surface area contributed by atoms with Gasteiger partial charge in [0, 0.05) is 35.7 Å². The Balaban J connectivity index is 1.59. The second-order valence-electron chi connectivity index (χ2n) is 7.57. The van der Waals surface area contributed by atoms with Crippen LogP contribution < -0.4 is 10.0 Å². The average molecular weight is 338 g/mol. The molecule has 1 aromatic carbocycles. The summed E-state index contributed by atoms with van der Waals surface area (Å²) < 4.78 is 12.2. The molecule has 2 bridgehead atoms. The van der Waals surface area contributed by atoms with Gasteiger partial charge in [0.15, 0.2) is 0 Å². The van der Waals surface area contributed by atoms with Crippen molar-refractivity contribution in [2.45, 2.75) is 30.3 Å². The normalized spacial score (nSPS) is 45.3. The molecular formula is C19H16NO5-. The van der Waals surface area contributed by atoms with Gasteiger partial charge in [-0.3, -0.25) is 4.79 Å². The molecule has 5 aliphatic rings. The fraction of sp³-hybridized carbons (Fsp3) is 0.474. The van der Waals surface area contributed by atoms with Gasteiger partial charge < -0.3 is 24.3 Å². The number of fused-ring (bicyclic) bond motifs is 7. The summed E-state index contributed by atoms with van der Waals surface area (Å²) in [5.41, 5.74) is 0.952. The Labute approximate surface area is 144 Å². The maximum absolute atomic E-state index is 13.4. The standard InChI is InChI=1S/C19H17NO5/c21-17-14-13(18(22)23)12-5-7-19(14,25-12)16-10-6-8-24-15(10)9-3-1-2-4-11(9)20(16)17/h1-5,7,10,12-16H,6,8H2,(H,22,23)/p-1/t10-,12-,13+,14-,15+,16+,19+/m1/s1. The second-order valence-corrected chi connectivity index (χ2v) is 7.57. The monoisotopic (exact) mass is 338 g/mol. The quantitative estimate of drug-likeness (QED) is 0.683. The van der Waals surface area contributed by atoms with Crippen molar-refractivity contribution in [1.29, 1.82) is 0 Å². The lowest BCUT2D eigenvalue weighted by Gasteiger charge is -2.43. The van der Waals surface area contributed by atoms with Crippen LogP contribution >= 0.6 is 0 Å². The minimum atomic E-state index is -1.21. The second kappa shape index (κ2) is 4.31. The van der Waals surface area contributed by atoms with Crippen molar-refractivity contribution >= 4 is 17.6 Å². The van der Waals surface area contributed by atoms with Crippen LogP contribution in [0.3, 0.4) is 0 Å². The molecule has 1 amide bonds. The van der Waals surface area contributed by atoms with Crippen molar-refractivity contribution in [3.8, 4) is 0 Å². The Hall–Kier alpha value is -2.18. The molecule has 3 saturated heterocycles. The Morgan fingerprint density at radius 3 is 3.00 bits per heavy atom. The van der Waals surface area contributed by atoms with E-state index < -0.39 is 29.5 Å². The lowest BCUT2D eigenvalue weighted by atomic mass is 9.70. The number of rotatable bonds is 1. The largest absolute Gasteiger partial charge is 0.550 e. The zero-order chi connectivity index (χ0) is 16.9. The van der Waals surface area contributed by atoms with Crippen molar-refractivity contribution in [2.75, 3.05) is 11.5 Å². The van der Waals surface area contributed by atoms with Gasteiger partial charge in [0.05, 0.1) is 24.2 Å². The summed E-state index contributed by atoms with van der Waals surface area (Å²) in [4.78, 5) is 26.9. The zero-order valence-electron chi connectivity index (χ0n) is 13.3. The van der Waals surface area contributed by atoms with Crippen LogP contribution in [0.15, 0.2) is 36.4 Å². The van der Waals surface area contributed by atoms with Crippen LogP contribution in [0.25, 0.3) is 0 Å². The first-order chi connectivity index (χ1) is 12.1. The maximum atomic E-state index is 13.4. The number of carboxylic acids is 1. The number of anilines is 1. The number of hydrogen-bond acceptors (Lipinski definition) is 5. The summed E-state index contributed by atoms with van der Waals surface area (Å²) >= 11 is 0. The van der Waals surface area contributed by atoms with E-state index in [1.54, 1.807) is 11.0 Å². The van der Waals surface area contributed by atoms with E-state index in [1.165, 1.54) is 0 Å². The van der Waals surface area contributed by atoms with Gasteiger partial charge in [-0.25, -0.2) is 0 Å². The summed E-state index contributed by atoms with van der Waals surface area (Å²) in [6.07, 6.45) is 3.91. The molecule has 1 spiro atoms. The first-order valence-electron chi connectivity index (χ1n) is 8.75. The molecule has 6 nitrogen and oxygen atoms in total. The minimum Gasteiger partial charge on any atom is -0.550 e. The fourth-order valence-electron chi connectivity index (χ4n) is 5.85. The molecule has 1 aromatic rings. The van der Waals surface area contributed by atoms with Crippen LogP contribution in [-0.2, 0) is 19.1 Å². The summed E-state index contributed by atoms with van der Waals surface area (Å²) in [6.45, 7) is 0.639. The molecular weight excluding hydrogens is 322 g/mol. The SMILES string of the molecule is O=C([O-])[C@H]1[C@H]2C=C[C@@]3(O2)[C@@H]2[C@@H]4CCO[C@H]4c4ccccc4N2C(=O)[C@@H]13. The van der Waals surface area contributed by atoms with Crippen LogP contribution in [0.2, 0.25) is 0 Å². The Bertz CT molecular complexity index is 850. The van der Waals surface area contributed by atoms with Crippen molar-refractivity contribution in [3.63, 3.8) is 0 Å². The highest BCUT2D eigenvalue weighted by Crippen LogP contribution is 2.62. The highest BCUT2D eigenvalue weighted by atomic mass is 16.5. The van der Waals surface area contributed by atoms with Crippen LogP contribution in [0.5, 0.6) is 0 Å². The van der Waals surface area contributed by atoms with Crippen LogP contribution in [0.4, 0.5) is 5.69 Å². The summed E-state index contributed by atoms with van der Waals surface area (Å²) in [5.74, 6) is -2.90. The number of amides is 1. The molecule has 0 aromatic heterocycles. The number of ether oxygens (including phenoxy) is 2. The first-order valence-corrected chi connectivity index (χ1v) is 8.75. The molecule has 7 atom stereocenters. The van der Waals surface area contributed by atoms with Gasteiger partial charge in [-0.15, -0.1) is 0 Å². The molecule has 6 rings (SSSR count). The van der Waals surface area contributed by atoms with E-state index in [-0.39, 0.29) is 24.0 Å². The van der Waals surface area contributed by atoms with E-state index in [0.717, 1.165) is 17.7 Å². The minimum absolute atomic E-state index is 0.0728. The number of hydrogen-bond donors (Lipinski definition) is 0. The number of para-hydroxylation sites is 1. The van der Waals surface area contributed by atoms with Gasteiger partial charge in [-0.1, -0.05) is 30.4 Å². The summed E-state index contributed by atoms with van der Waals surface area (Å²) in [7, 11) is 0. The van der Waals surface area contributed by atoms with E-state index >= 15 is 0 Å². The third-order valence-corrected chi connectivity index (χ3v) is 6.65. The van der Waals surface area contributed by atoms with E-state index in [9.17, 15) is 14.7 Å². The number of benzene rings is 1. The van der Waals surface area contributed by atoms with E-state index in [1.807, 2.05) is 30.3 Å². The molecule has 5 heterocycles. The first kappa shape index (κ1) is 14.0. The zero-order valence-corrected chi connectivity index (χ0v) is 13.3. The maximum Gasteiger partial charge on any atom is 0.234 e. The number of aliphatic carboxylic acids is 1. The van der Waals surface area contributed by atoms with Gasteiger partial charge in [0.25, 0.3) is 0 Å². The van der Waals surface area contributed by atoms with E-state index in [2.05, 4.69) is 0 Å². The van der Waals surface area contributed by atoms with Crippen LogP contribution in [0, 0.1) is 17.8 Å². The number of nitrogens with zero attached hydrogens (tertiary/aromatic N) is 1. The van der Waals surface area contributed by atoms with Crippen molar-refractivity contribution in [3.05, 3.63) is 42.0 Å². The van der Waals surface area contributed by atoms with Crippen LogP contribution in [0.1, 0.15) is 18.1 Å². The fourth-order valence-corrected chi connectivity index (χ4v) is 5.85. The average Bonchev–Trinajstić information content (AvgIpc) is 3.35. The van der Waals surface area contributed by atoms with Gasteiger partial charge >= 0.3 is 0 Å². The number of carboxylic acid groups (broad SMARTS) is 1. The Morgan fingerprint density at radius 2 is 2.16 bits per heavy atom. The molecule has 3 fully saturated rings. The Morgan fingerprint density at radius 1 is 1.32 bits per heavy atom. The summed E-state index contributed by atoms with van der Waals surface area (Å²) in [6, 6.07) is 7.54. The number of carbonyl (C=O) groups is 2. The predicted molar refractivity (Wildman–Crippen MR) is 83.2 cm³/mol. The van der Waals surface area contributed by atoms with Crippen molar-refractivity contribution < 1.29 is 24.2 Å². The topological polar surface area (TPSA) is 78.9 Å². The number of carbonyl (C=O) groups excluding carboxylic acids is 2. The Kier molecular flexibility index (Phi) is 2.42. The molecule has 0 unspecified atom stereocenters. The lowest BCUT2D eigenvalue weighted by molar-refractivity contribution is -0.313. The smallest absolute Gasteiger partial charge is 0.234 e. The van der Waals surface area contributed by atoms with Crippen LogP contribution in [-0.4, -0.2) is 36.2 Å². The molecule has 6 heteroatoms. The highest BCUT2D eigenvalue weighted by Gasteiger charge is 2.73. The lowest BCUT2D eigenvalue weighted by Crippen LogP contribution is -2.53. The third-order valence-electron chi connectivity index (χ3n) is 6.65. The van der Waals surface area contributed by atoms with E-state index in [0.29, 0.717) is 6.61 Å². The highest BCUT2D eigenvalue weighted by molar-refractivity contribution is 6.04. The van der Waals surface area contributed by atoms with E-state index in [4.69, 9.17) is 9.47 Å². The molecule has 25 heavy (non-hydrogen) atoms. The molecule has 0 N–H and O–H groups in total. The van der Waals surface area contributed by atoms with Crippen molar-refractivity contribution in [2.24, 2.45) is 17.8 Å². The van der Waals surface area contributed by atoms with Gasteiger partial charge in [0.1, 0.15) is 5.60 Å². The predicted octanol–water partition coefficient (Wildman–Crippen LogP) is 0.183. The summed E-state index contributed by atoms with van der Waals surface area (Å²) in [5, 5.41) is 11.7. The van der Waals surface area contributed by atoms with Gasteiger partial charge in [0.2, 0.25) is 5.91 Å². The molecule has 128 valence electrons. The third kappa shape index (κ3) is 1.42. The molecule has 0 aliphatic carbocycles. The van der Waals surface area contributed by atoms with Crippen molar-refractivity contribution in [1.82, 2.24) is 0 Å². The molecule has 0 saturated carbocycles. The van der Waals surface area contributed by atoms with Gasteiger partial charge in [-0.2, -0.15) is 0 Å². The molecule has 0 radical (unpaired) electrons.